The zero-order chi connectivity index (χ0) is 32.7. The third-order valence-electron chi connectivity index (χ3n) is 8.59. The fraction of sp³-hybridized carbons (Fsp3) is 0.0714. The Labute approximate surface area is 301 Å². The largest absolute Gasteiger partial charge is 0.305 e. The molecule has 0 saturated carbocycles. The van der Waals surface area contributed by atoms with Crippen molar-refractivity contribution in [2.24, 2.45) is 0 Å². The third-order valence-corrected chi connectivity index (χ3v) is 12.9. The first-order valence-electron chi connectivity index (χ1n) is 16.0. The number of rotatable bonds is 4. The van der Waals surface area contributed by atoms with E-state index in [2.05, 4.69) is 81.4 Å². The molecule has 9 aromatic rings. The molecule has 4 aromatic heterocycles. The van der Waals surface area contributed by atoms with Gasteiger partial charge in [-0.2, -0.15) is 0 Å². The molecular weight excluding hydrogens is 841 g/mol. The fourth-order valence-corrected chi connectivity index (χ4v) is 8.53. The minimum Gasteiger partial charge on any atom is -0.305 e. The van der Waals surface area contributed by atoms with Crippen molar-refractivity contribution in [1.29, 1.82) is 0 Å². The smallest absolute Gasteiger partial charge is 0.0160 e. The number of para-hydroxylation sites is 2. The van der Waals surface area contributed by atoms with E-state index in [-0.39, 0.29) is 20.1 Å². The second kappa shape index (κ2) is 13.6. The van der Waals surface area contributed by atoms with E-state index in [0.717, 1.165) is 72.2 Å². The molecule has 0 aliphatic rings. The summed E-state index contributed by atoms with van der Waals surface area (Å²) in [5, 5.41) is 3.25. The van der Waals surface area contributed by atoms with Gasteiger partial charge in [0.1, 0.15) is 0 Å². The summed E-state index contributed by atoms with van der Waals surface area (Å²) in [4.78, 5) is 14.2. The Kier molecular flexibility index (Phi) is 9.04. The zero-order valence-corrected chi connectivity index (χ0v) is 31.8. The average Bonchev–Trinajstić information content (AvgIpc) is 3.71. The number of imidazole rings is 1. The SMILES string of the molecule is [CH3][Ge]([CH3])([CH3])[c]1ccc2c(c1)oc1c(-c3nc4c5ccccc5ncc4n3-c3ccccc3)[c-]ccc12.[Ir].[c-]1ccccc1-c1ccccn1. The summed E-state index contributed by atoms with van der Waals surface area (Å²) >= 11 is -2.00. The number of hydrogen-bond acceptors (Lipinski definition) is 4. The number of pyridine rings is 2. The molecule has 7 heteroatoms. The van der Waals surface area contributed by atoms with Gasteiger partial charge in [-0.25, -0.2) is 0 Å². The predicted octanol–water partition coefficient (Wildman–Crippen LogP) is 10.0. The molecule has 0 unspecified atom stereocenters. The van der Waals surface area contributed by atoms with E-state index in [0.29, 0.717) is 0 Å². The van der Waals surface area contributed by atoms with E-state index < -0.39 is 13.3 Å². The molecule has 0 aliphatic heterocycles. The first-order valence-corrected chi connectivity index (χ1v) is 23.4. The van der Waals surface area contributed by atoms with Crippen molar-refractivity contribution >= 4 is 61.5 Å². The van der Waals surface area contributed by atoms with Crippen LogP contribution in [0.1, 0.15) is 0 Å². The molecule has 9 rings (SSSR count). The van der Waals surface area contributed by atoms with Gasteiger partial charge >= 0.3 is 206 Å². The Balaban J connectivity index is 0.000000246. The predicted molar refractivity (Wildman–Crippen MR) is 199 cm³/mol. The van der Waals surface area contributed by atoms with Gasteiger partial charge in [-0.05, 0) is 11.8 Å². The van der Waals surface area contributed by atoms with Crippen LogP contribution in [0.2, 0.25) is 17.3 Å². The van der Waals surface area contributed by atoms with Crippen LogP contribution in [0.25, 0.3) is 72.2 Å². The van der Waals surface area contributed by atoms with Crippen LogP contribution in [0.4, 0.5) is 0 Å². The molecule has 0 bridgehead atoms. The topological polar surface area (TPSA) is 56.7 Å². The minimum absolute atomic E-state index is 0. The molecule has 5 aromatic carbocycles. The van der Waals surface area contributed by atoms with Gasteiger partial charge in [-0.15, -0.1) is 35.9 Å². The average molecular weight is 874 g/mol. The standard InChI is InChI=1S/C31H24GeN3O.C11H8N.Ir/c1-32(2,3)20-16-17-22-23-13-9-14-25(30(23)36-28(22)18-20)31-34-29-24-12-7-8-15-26(24)33-19-27(29)35(31)21-10-5-4-6-11-21;1-2-6-10(7-3-1)11-8-4-5-9-12-11;/h4-13,15-19H,1-3H3;1-6,8-9H;/q2*-1;. The van der Waals surface area contributed by atoms with Crippen molar-refractivity contribution in [3.63, 3.8) is 0 Å². The molecule has 49 heavy (non-hydrogen) atoms. The van der Waals surface area contributed by atoms with Crippen molar-refractivity contribution in [1.82, 2.24) is 19.5 Å². The van der Waals surface area contributed by atoms with Crippen molar-refractivity contribution in [2.45, 2.75) is 17.3 Å². The Morgan fingerprint density at radius 3 is 2.27 bits per heavy atom. The van der Waals surface area contributed by atoms with E-state index in [1.165, 1.54) is 4.40 Å². The molecule has 0 spiro atoms. The van der Waals surface area contributed by atoms with Gasteiger partial charge in [0, 0.05) is 26.3 Å². The summed E-state index contributed by atoms with van der Waals surface area (Å²) in [6, 6.07) is 49.6. The van der Waals surface area contributed by atoms with Crippen LogP contribution < -0.4 is 4.40 Å². The van der Waals surface area contributed by atoms with Gasteiger partial charge in [-0.3, -0.25) is 0 Å². The van der Waals surface area contributed by atoms with Gasteiger partial charge in [0.15, 0.2) is 0 Å². The van der Waals surface area contributed by atoms with Crippen LogP contribution in [-0.2, 0) is 20.1 Å². The number of benzene rings is 5. The van der Waals surface area contributed by atoms with Crippen molar-refractivity contribution in [2.75, 3.05) is 0 Å². The Morgan fingerprint density at radius 2 is 1.49 bits per heavy atom. The molecule has 4 heterocycles. The van der Waals surface area contributed by atoms with E-state index in [1.54, 1.807) is 6.20 Å². The Hall–Kier alpha value is -4.88. The molecular formula is C42H32GeIrN4O-2. The van der Waals surface area contributed by atoms with Crippen LogP contribution in [0.15, 0.2) is 144 Å². The number of hydrogen-bond donors (Lipinski definition) is 0. The van der Waals surface area contributed by atoms with Crippen molar-refractivity contribution in [3.05, 3.63) is 152 Å². The maximum atomic E-state index is 6.58. The number of nitrogens with zero attached hydrogens (tertiary/aromatic N) is 4. The number of aromatic nitrogens is 4. The van der Waals surface area contributed by atoms with Gasteiger partial charge < -0.3 is 4.98 Å². The Bertz CT molecular complexity index is 2500. The summed E-state index contributed by atoms with van der Waals surface area (Å²) in [5.74, 6) is 8.02. The summed E-state index contributed by atoms with van der Waals surface area (Å²) in [6.45, 7) is 0. The van der Waals surface area contributed by atoms with Crippen LogP contribution in [0, 0.1) is 12.1 Å². The van der Waals surface area contributed by atoms with E-state index in [1.807, 2.05) is 91.1 Å². The van der Waals surface area contributed by atoms with Crippen molar-refractivity contribution < 1.29 is 24.5 Å². The first-order chi connectivity index (χ1) is 23.5. The molecule has 0 amide bonds. The second-order valence-corrected chi connectivity index (χ2v) is 23.4. The quantitative estimate of drug-likeness (QED) is 0.131. The van der Waals surface area contributed by atoms with Crippen LogP contribution in [0.5, 0.6) is 0 Å². The fourth-order valence-electron chi connectivity index (χ4n) is 6.12. The maximum absolute atomic E-state index is 6.58. The van der Waals surface area contributed by atoms with Crippen LogP contribution in [-0.4, -0.2) is 32.8 Å². The number of furan rings is 1. The second-order valence-electron chi connectivity index (χ2n) is 12.8. The van der Waals surface area contributed by atoms with Gasteiger partial charge in [0.05, 0.1) is 0 Å². The molecule has 0 atom stereocenters. The molecule has 0 N–H and O–H groups in total. The molecule has 5 nitrogen and oxygen atoms in total. The molecule has 0 saturated heterocycles. The third kappa shape index (κ3) is 6.24. The minimum atomic E-state index is -2.00. The molecule has 0 aliphatic carbocycles. The van der Waals surface area contributed by atoms with E-state index in [4.69, 9.17) is 14.4 Å². The molecule has 241 valence electrons. The first kappa shape index (κ1) is 32.7. The van der Waals surface area contributed by atoms with Gasteiger partial charge in [0.2, 0.25) is 0 Å². The van der Waals surface area contributed by atoms with E-state index in [9.17, 15) is 0 Å². The maximum Gasteiger partial charge on any atom is 0.0160 e. The molecule has 1 radical (unpaired) electrons. The van der Waals surface area contributed by atoms with Gasteiger partial charge in [-0.1, -0.05) is 18.2 Å². The summed E-state index contributed by atoms with van der Waals surface area (Å²) < 4.78 is 10.2. The van der Waals surface area contributed by atoms with Crippen LogP contribution >= 0.6 is 0 Å². The zero-order valence-electron chi connectivity index (χ0n) is 27.3. The number of fused-ring (bicyclic) bond motifs is 6. The monoisotopic (exact) mass is 875 g/mol. The van der Waals surface area contributed by atoms with E-state index >= 15 is 0 Å². The summed E-state index contributed by atoms with van der Waals surface area (Å²) in [6.07, 6.45) is 3.71. The van der Waals surface area contributed by atoms with Crippen LogP contribution in [0.3, 0.4) is 0 Å². The molecule has 0 fully saturated rings. The normalized spacial score (nSPS) is 11.4. The summed E-state index contributed by atoms with van der Waals surface area (Å²) in [7, 11) is 0. The van der Waals surface area contributed by atoms with Gasteiger partial charge in [0.25, 0.3) is 0 Å². The van der Waals surface area contributed by atoms with Crippen molar-refractivity contribution in [3.8, 4) is 28.3 Å². The Morgan fingerprint density at radius 1 is 0.694 bits per heavy atom. The summed E-state index contributed by atoms with van der Waals surface area (Å²) in [5.41, 5.74) is 8.44.